The van der Waals surface area contributed by atoms with Crippen molar-refractivity contribution in [2.45, 2.75) is 45.6 Å². The van der Waals surface area contributed by atoms with Crippen molar-refractivity contribution in [3.63, 3.8) is 0 Å². The van der Waals surface area contributed by atoms with E-state index in [9.17, 15) is 4.39 Å². The number of benzene rings is 1. The van der Waals surface area contributed by atoms with Crippen molar-refractivity contribution in [3.8, 4) is 0 Å². The van der Waals surface area contributed by atoms with Crippen molar-refractivity contribution >= 4 is 11.6 Å². The molecular weight excluding hydrogens is 261 g/mol. The van der Waals surface area contributed by atoms with Gasteiger partial charge in [0.15, 0.2) is 0 Å². The summed E-state index contributed by atoms with van der Waals surface area (Å²) in [5.74, 6) is 1.65. The molecule has 0 spiro atoms. The van der Waals surface area contributed by atoms with Crippen LogP contribution in [0.1, 0.15) is 38.7 Å². The van der Waals surface area contributed by atoms with Crippen LogP contribution in [-0.2, 0) is 6.42 Å². The van der Waals surface area contributed by atoms with E-state index < -0.39 is 0 Å². The Morgan fingerprint density at radius 2 is 2.11 bits per heavy atom. The maximum atomic E-state index is 13.1. The van der Waals surface area contributed by atoms with Gasteiger partial charge in [-0.25, -0.2) is 4.39 Å². The van der Waals surface area contributed by atoms with E-state index in [1.54, 1.807) is 6.07 Å². The summed E-state index contributed by atoms with van der Waals surface area (Å²) in [7, 11) is 0. The van der Waals surface area contributed by atoms with Gasteiger partial charge in [-0.2, -0.15) is 0 Å². The number of rotatable bonds is 3. The summed E-state index contributed by atoms with van der Waals surface area (Å²) >= 11 is 6.11. The fourth-order valence-corrected chi connectivity index (χ4v) is 3.38. The Hall–Kier alpha value is -0.600. The van der Waals surface area contributed by atoms with E-state index in [0.29, 0.717) is 16.9 Å². The molecule has 0 amide bonds. The summed E-state index contributed by atoms with van der Waals surface area (Å²) in [6.45, 7) is 4.56. The third kappa shape index (κ3) is 3.70. The first-order valence-corrected chi connectivity index (χ1v) is 7.54. The van der Waals surface area contributed by atoms with Gasteiger partial charge in [0.25, 0.3) is 0 Å². The van der Waals surface area contributed by atoms with E-state index in [4.69, 9.17) is 17.3 Å². The summed E-state index contributed by atoms with van der Waals surface area (Å²) in [4.78, 5) is 0. The predicted octanol–water partition coefficient (Wildman–Crippen LogP) is 4.42. The van der Waals surface area contributed by atoms with Crippen molar-refractivity contribution in [2.75, 3.05) is 0 Å². The number of hydrogen-bond acceptors (Lipinski definition) is 1. The van der Waals surface area contributed by atoms with Gasteiger partial charge in [0.05, 0.1) is 0 Å². The number of hydrogen-bond donors (Lipinski definition) is 1. The van der Waals surface area contributed by atoms with Gasteiger partial charge in [-0.3, -0.25) is 0 Å². The highest BCUT2D eigenvalue weighted by molar-refractivity contribution is 6.31. The zero-order valence-electron chi connectivity index (χ0n) is 11.7. The lowest BCUT2D eigenvalue weighted by atomic mass is 9.72. The average Bonchev–Trinajstić information content (AvgIpc) is 2.34. The molecule has 1 aliphatic rings. The third-order valence-corrected chi connectivity index (χ3v) is 4.87. The topological polar surface area (TPSA) is 26.0 Å². The molecule has 0 heterocycles. The van der Waals surface area contributed by atoms with Crippen LogP contribution in [0, 0.1) is 23.6 Å². The zero-order valence-corrected chi connectivity index (χ0v) is 12.5. The molecule has 0 aromatic heterocycles. The molecule has 106 valence electrons. The molecule has 2 rings (SSSR count). The summed E-state index contributed by atoms with van der Waals surface area (Å²) in [5.41, 5.74) is 7.27. The number of halogens is 2. The molecule has 0 saturated heterocycles. The second kappa shape index (κ2) is 6.23. The molecule has 3 atom stereocenters. The Labute approximate surface area is 120 Å². The van der Waals surface area contributed by atoms with Crippen LogP contribution in [0.2, 0.25) is 5.02 Å². The quantitative estimate of drug-likeness (QED) is 0.873. The SMILES string of the molecule is CC(C)C1CCC(N)C(Cc2ccc(F)cc2Cl)C1. The molecule has 2 N–H and O–H groups in total. The van der Waals surface area contributed by atoms with Gasteiger partial charge in [-0.15, -0.1) is 0 Å². The van der Waals surface area contributed by atoms with Gasteiger partial charge >= 0.3 is 0 Å². The Bertz CT molecular complexity index is 433. The maximum absolute atomic E-state index is 13.1. The van der Waals surface area contributed by atoms with E-state index >= 15 is 0 Å². The third-order valence-electron chi connectivity index (χ3n) is 4.52. The lowest BCUT2D eigenvalue weighted by molar-refractivity contribution is 0.189. The first-order chi connectivity index (χ1) is 8.97. The van der Waals surface area contributed by atoms with E-state index in [-0.39, 0.29) is 11.9 Å². The molecule has 3 unspecified atom stereocenters. The standard InChI is InChI=1S/C16H23ClFN/c1-10(2)11-4-6-16(19)13(7-11)8-12-3-5-14(18)9-15(12)17/h3,5,9-11,13,16H,4,6-8,19H2,1-2H3. The normalized spacial score (nSPS) is 27.8. The summed E-state index contributed by atoms with van der Waals surface area (Å²) in [5, 5.41) is 0.527. The van der Waals surface area contributed by atoms with Crippen molar-refractivity contribution in [1.82, 2.24) is 0 Å². The summed E-state index contributed by atoms with van der Waals surface area (Å²) in [6, 6.07) is 4.92. The first-order valence-electron chi connectivity index (χ1n) is 7.17. The minimum atomic E-state index is -0.276. The molecular formula is C16H23ClFN. The van der Waals surface area contributed by atoms with Crippen LogP contribution in [-0.4, -0.2) is 6.04 Å². The average molecular weight is 284 g/mol. The summed E-state index contributed by atoms with van der Waals surface area (Å²) < 4.78 is 13.1. The van der Waals surface area contributed by atoms with Gasteiger partial charge in [-0.05, 0) is 61.1 Å². The Kier molecular flexibility index (Phi) is 4.86. The molecule has 1 aromatic rings. The monoisotopic (exact) mass is 283 g/mol. The Morgan fingerprint density at radius 1 is 1.37 bits per heavy atom. The van der Waals surface area contributed by atoms with Crippen LogP contribution in [0.5, 0.6) is 0 Å². The molecule has 3 heteroatoms. The second-order valence-electron chi connectivity index (χ2n) is 6.18. The van der Waals surface area contributed by atoms with E-state index in [0.717, 1.165) is 30.7 Å². The summed E-state index contributed by atoms with van der Waals surface area (Å²) in [6.07, 6.45) is 4.34. The van der Waals surface area contributed by atoms with Gasteiger partial charge in [0.1, 0.15) is 5.82 Å². The maximum Gasteiger partial charge on any atom is 0.124 e. The highest BCUT2D eigenvalue weighted by atomic mass is 35.5. The lowest BCUT2D eigenvalue weighted by Gasteiger charge is -2.36. The lowest BCUT2D eigenvalue weighted by Crippen LogP contribution is -2.38. The van der Waals surface area contributed by atoms with Crippen LogP contribution >= 0.6 is 11.6 Å². The molecule has 1 nitrogen and oxygen atoms in total. The largest absolute Gasteiger partial charge is 0.327 e. The van der Waals surface area contributed by atoms with Crippen molar-refractivity contribution in [1.29, 1.82) is 0 Å². The predicted molar refractivity (Wildman–Crippen MR) is 78.8 cm³/mol. The fraction of sp³-hybridized carbons (Fsp3) is 0.625. The fourth-order valence-electron chi connectivity index (χ4n) is 3.13. The van der Waals surface area contributed by atoms with Gasteiger partial charge < -0.3 is 5.73 Å². The van der Waals surface area contributed by atoms with Crippen molar-refractivity contribution in [2.24, 2.45) is 23.5 Å². The van der Waals surface area contributed by atoms with Gasteiger partial charge in [0.2, 0.25) is 0 Å². The van der Waals surface area contributed by atoms with Crippen LogP contribution < -0.4 is 5.73 Å². The molecule has 1 fully saturated rings. The van der Waals surface area contributed by atoms with Crippen LogP contribution in [0.3, 0.4) is 0 Å². The molecule has 1 aliphatic carbocycles. The molecule has 1 saturated carbocycles. The minimum Gasteiger partial charge on any atom is -0.327 e. The van der Waals surface area contributed by atoms with Crippen LogP contribution in [0.15, 0.2) is 18.2 Å². The minimum absolute atomic E-state index is 0.246. The zero-order chi connectivity index (χ0) is 14.0. The Balaban J connectivity index is 2.07. The highest BCUT2D eigenvalue weighted by Gasteiger charge is 2.30. The van der Waals surface area contributed by atoms with Gasteiger partial charge in [0, 0.05) is 11.1 Å². The Morgan fingerprint density at radius 3 is 2.74 bits per heavy atom. The molecule has 0 aliphatic heterocycles. The first kappa shape index (κ1) is 14.8. The number of nitrogens with two attached hydrogens (primary N) is 1. The second-order valence-corrected chi connectivity index (χ2v) is 6.59. The van der Waals surface area contributed by atoms with E-state index in [1.807, 2.05) is 0 Å². The van der Waals surface area contributed by atoms with Crippen LogP contribution in [0.4, 0.5) is 4.39 Å². The molecule has 0 bridgehead atoms. The van der Waals surface area contributed by atoms with Gasteiger partial charge in [-0.1, -0.05) is 31.5 Å². The molecule has 1 aromatic carbocycles. The van der Waals surface area contributed by atoms with E-state index in [2.05, 4.69) is 13.8 Å². The highest BCUT2D eigenvalue weighted by Crippen LogP contribution is 2.35. The smallest absolute Gasteiger partial charge is 0.124 e. The van der Waals surface area contributed by atoms with Crippen molar-refractivity contribution in [3.05, 3.63) is 34.6 Å². The molecule has 0 radical (unpaired) electrons. The van der Waals surface area contributed by atoms with Crippen LogP contribution in [0.25, 0.3) is 0 Å². The molecule has 19 heavy (non-hydrogen) atoms. The van der Waals surface area contributed by atoms with E-state index in [1.165, 1.54) is 18.6 Å². The van der Waals surface area contributed by atoms with Crippen molar-refractivity contribution < 1.29 is 4.39 Å².